The molecule has 0 saturated carbocycles. The van der Waals surface area contributed by atoms with E-state index < -0.39 is 11.7 Å². The Morgan fingerprint density at radius 1 is 1.06 bits per heavy atom. The SMILES string of the molecule is CCN(C)C(=O)C(=O)c1ccc2[nH]cc(C(=O)N3C[C@H](C)N(Cc4ccc(F)cc4)C[C@H]3C)c2c1. The summed E-state index contributed by atoms with van der Waals surface area (Å²) in [7, 11) is 1.59. The highest BCUT2D eigenvalue weighted by Crippen LogP contribution is 2.25. The van der Waals surface area contributed by atoms with Crippen LogP contribution in [0.25, 0.3) is 10.9 Å². The van der Waals surface area contributed by atoms with E-state index in [2.05, 4.69) is 16.8 Å². The normalized spacial score (nSPS) is 18.6. The molecule has 1 aliphatic rings. The Labute approximate surface area is 204 Å². The average molecular weight is 479 g/mol. The maximum atomic E-state index is 13.6. The first-order valence-corrected chi connectivity index (χ1v) is 11.9. The summed E-state index contributed by atoms with van der Waals surface area (Å²) in [5, 5.41) is 0.626. The molecule has 7 nitrogen and oxygen atoms in total. The van der Waals surface area contributed by atoms with Crippen LogP contribution in [0.1, 0.15) is 47.1 Å². The van der Waals surface area contributed by atoms with Gasteiger partial charge in [-0.15, -0.1) is 0 Å². The number of nitrogens with one attached hydrogen (secondary N) is 1. The van der Waals surface area contributed by atoms with E-state index in [4.69, 9.17) is 0 Å². The zero-order chi connectivity index (χ0) is 25.3. The number of rotatable bonds is 6. The van der Waals surface area contributed by atoms with Gasteiger partial charge in [-0.2, -0.15) is 0 Å². The maximum absolute atomic E-state index is 13.6. The first kappa shape index (κ1) is 24.6. The van der Waals surface area contributed by atoms with Crippen molar-refractivity contribution in [2.75, 3.05) is 26.7 Å². The molecule has 8 heteroatoms. The van der Waals surface area contributed by atoms with Crippen LogP contribution < -0.4 is 0 Å². The van der Waals surface area contributed by atoms with Gasteiger partial charge >= 0.3 is 0 Å². The monoisotopic (exact) mass is 478 g/mol. The number of hydrogen-bond donors (Lipinski definition) is 1. The van der Waals surface area contributed by atoms with Crippen LogP contribution in [0.2, 0.25) is 0 Å². The van der Waals surface area contributed by atoms with Crippen LogP contribution in [0, 0.1) is 5.82 Å². The van der Waals surface area contributed by atoms with E-state index in [-0.39, 0.29) is 29.4 Å². The molecule has 0 radical (unpaired) electrons. The third-order valence-corrected chi connectivity index (χ3v) is 6.86. The summed E-state index contributed by atoms with van der Waals surface area (Å²) in [5.41, 5.74) is 2.51. The highest BCUT2D eigenvalue weighted by Gasteiger charge is 2.33. The van der Waals surface area contributed by atoms with Crippen molar-refractivity contribution in [3.05, 3.63) is 71.2 Å². The molecule has 1 aromatic heterocycles. The average Bonchev–Trinajstić information content (AvgIpc) is 3.28. The number of halogens is 1. The molecule has 184 valence electrons. The van der Waals surface area contributed by atoms with Gasteiger partial charge in [-0.05, 0) is 56.7 Å². The number of hydrogen-bond acceptors (Lipinski definition) is 4. The second-order valence-electron chi connectivity index (χ2n) is 9.32. The highest BCUT2D eigenvalue weighted by molar-refractivity contribution is 6.43. The number of piperazine rings is 1. The lowest BCUT2D eigenvalue weighted by molar-refractivity contribution is -0.125. The lowest BCUT2D eigenvalue weighted by Gasteiger charge is -2.44. The molecule has 0 spiro atoms. The number of ketones is 1. The fourth-order valence-corrected chi connectivity index (χ4v) is 4.56. The van der Waals surface area contributed by atoms with Crippen LogP contribution in [0.4, 0.5) is 4.39 Å². The summed E-state index contributed by atoms with van der Waals surface area (Å²) in [4.78, 5) is 47.2. The second-order valence-corrected chi connectivity index (χ2v) is 9.32. The number of carbonyl (C=O) groups excluding carboxylic acids is 3. The van der Waals surface area contributed by atoms with Crippen molar-refractivity contribution in [3.8, 4) is 0 Å². The molecule has 3 aromatic rings. The van der Waals surface area contributed by atoms with E-state index in [0.29, 0.717) is 37.1 Å². The van der Waals surface area contributed by atoms with Crippen LogP contribution in [-0.4, -0.2) is 76.0 Å². The van der Waals surface area contributed by atoms with Crippen LogP contribution in [0.3, 0.4) is 0 Å². The number of fused-ring (bicyclic) bond motifs is 1. The molecule has 2 heterocycles. The molecule has 4 rings (SSSR count). The van der Waals surface area contributed by atoms with Crippen molar-refractivity contribution in [1.29, 1.82) is 0 Å². The van der Waals surface area contributed by atoms with E-state index in [1.165, 1.54) is 17.0 Å². The van der Waals surface area contributed by atoms with Crippen molar-refractivity contribution in [2.24, 2.45) is 0 Å². The van der Waals surface area contributed by atoms with Gasteiger partial charge in [0.2, 0.25) is 5.78 Å². The molecule has 2 atom stereocenters. The Morgan fingerprint density at radius 3 is 2.46 bits per heavy atom. The number of aromatic nitrogens is 1. The van der Waals surface area contributed by atoms with Crippen molar-refractivity contribution < 1.29 is 18.8 Å². The highest BCUT2D eigenvalue weighted by atomic mass is 19.1. The maximum Gasteiger partial charge on any atom is 0.294 e. The predicted octanol–water partition coefficient (Wildman–Crippen LogP) is 3.70. The third kappa shape index (κ3) is 4.98. The predicted molar refractivity (Wildman–Crippen MR) is 133 cm³/mol. The molecule has 35 heavy (non-hydrogen) atoms. The van der Waals surface area contributed by atoms with Gasteiger partial charge in [0.25, 0.3) is 11.8 Å². The van der Waals surface area contributed by atoms with Gasteiger partial charge in [-0.25, -0.2) is 4.39 Å². The van der Waals surface area contributed by atoms with Gasteiger partial charge in [0.1, 0.15) is 5.82 Å². The van der Waals surface area contributed by atoms with E-state index in [1.807, 2.05) is 11.8 Å². The van der Waals surface area contributed by atoms with E-state index in [9.17, 15) is 18.8 Å². The number of nitrogens with zero attached hydrogens (tertiary/aromatic N) is 3. The number of likely N-dealkylation sites (N-methyl/N-ethyl adjacent to an activating group) is 1. The molecule has 2 amide bonds. The molecular formula is C27H31FN4O3. The number of Topliss-reactive ketones (excluding diaryl/α,β-unsaturated/α-hetero) is 1. The number of benzene rings is 2. The molecule has 1 N–H and O–H groups in total. The quantitative estimate of drug-likeness (QED) is 0.433. The summed E-state index contributed by atoms with van der Waals surface area (Å²) in [6, 6.07) is 11.6. The topological polar surface area (TPSA) is 76.7 Å². The van der Waals surface area contributed by atoms with Crippen LogP contribution in [-0.2, 0) is 11.3 Å². The summed E-state index contributed by atoms with van der Waals surface area (Å²) >= 11 is 0. The van der Waals surface area contributed by atoms with Gasteiger partial charge in [0.15, 0.2) is 0 Å². The Morgan fingerprint density at radius 2 is 1.77 bits per heavy atom. The fourth-order valence-electron chi connectivity index (χ4n) is 4.56. The van der Waals surface area contributed by atoms with Gasteiger partial charge in [0.05, 0.1) is 5.56 Å². The molecule has 1 saturated heterocycles. The van der Waals surface area contributed by atoms with Crippen LogP contribution in [0.5, 0.6) is 0 Å². The lowest BCUT2D eigenvalue weighted by Crippen LogP contribution is -2.57. The zero-order valence-electron chi connectivity index (χ0n) is 20.5. The first-order chi connectivity index (χ1) is 16.7. The standard InChI is InChI=1S/C27H31FN4O3/c1-5-30(4)27(35)25(33)20-8-11-24-22(12-20)23(13-29-24)26(34)32-15-17(2)31(14-18(32)3)16-19-6-9-21(28)10-7-19/h6-13,17-18,29H,5,14-16H2,1-4H3/t17-,18+/m0/s1. The molecule has 1 aliphatic heterocycles. The van der Waals surface area contributed by atoms with Gasteiger partial charge < -0.3 is 14.8 Å². The van der Waals surface area contributed by atoms with Gasteiger partial charge in [-0.1, -0.05) is 12.1 Å². The molecule has 1 fully saturated rings. The molecule has 0 bridgehead atoms. The number of carbonyl (C=O) groups is 3. The van der Waals surface area contributed by atoms with Crippen LogP contribution in [0.15, 0.2) is 48.7 Å². The molecule has 0 aliphatic carbocycles. The van der Waals surface area contributed by atoms with Crippen molar-refractivity contribution in [1.82, 2.24) is 19.7 Å². The van der Waals surface area contributed by atoms with E-state index in [1.54, 1.807) is 50.5 Å². The van der Waals surface area contributed by atoms with Crippen molar-refractivity contribution >= 4 is 28.5 Å². The lowest BCUT2D eigenvalue weighted by atomic mass is 10.0. The Hall–Kier alpha value is -3.52. The summed E-state index contributed by atoms with van der Waals surface area (Å²) in [6.45, 7) is 8.26. The Kier molecular flexibility index (Phi) is 7.03. The van der Waals surface area contributed by atoms with Crippen molar-refractivity contribution in [2.45, 2.75) is 39.4 Å². The fraction of sp³-hybridized carbons (Fsp3) is 0.370. The number of aromatic amines is 1. The Balaban J connectivity index is 1.53. The Bertz CT molecular complexity index is 1250. The van der Waals surface area contributed by atoms with Crippen molar-refractivity contribution in [3.63, 3.8) is 0 Å². The largest absolute Gasteiger partial charge is 0.360 e. The summed E-state index contributed by atoms with van der Waals surface area (Å²) in [6.07, 6.45) is 1.67. The number of H-pyrrole nitrogens is 1. The molecule has 2 aromatic carbocycles. The third-order valence-electron chi connectivity index (χ3n) is 6.86. The first-order valence-electron chi connectivity index (χ1n) is 11.9. The minimum Gasteiger partial charge on any atom is -0.360 e. The number of amides is 2. The second kappa shape index (κ2) is 10.00. The van der Waals surface area contributed by atoms with Crippen LogP contribution >= 0.6 is 0 Å². The molecule has 0 unspecified atom stereocenters. The van der Waals surface area contributed by atoms with E-state index in [0.717, 1.165) is 11.1 Å². The van der Waals surface area contributed by atoms with E-state index >= 15 is 0 Å². The smallest absolute Gasteiger partial charge is 0.294 e. The zero-order valence-corrected chi connectivity index (χ0v) is 20.5. The van der Waals surface area contributed by atoms with Gasteiger partial charge in [0, 0.05) is 68.0 Å². The minimum atomic E-state index is -0.591. The van der Waals surface area contributed by atoms with Gasteiger partial charge in [-0.3, -0.25) is 19.3 Å². The molecular weight excluding hydrogens is 447 g/mol. The summed E-state index contributed by atoms with van der Waals surface area (Å²) in [5.74, 6) is -1.53. The minimum absolute atomic E-state index is 0.0336. The summed E-state index contributed by atoms with van der Waals surface area (Å²) < 4.78 is 13.3.